The first-order chi connectivity index (χ1) is 11.0. The van der Waals surface area contributed by atoms with E-state index in [-0.39, 0.29) is 27.9 Å². The van der Waals surface area contributed by atoms with Gasteiger partial charge in [-0.25, -0.2) is 4.98 Å². The third kappa shape index (κ3) is 5.50. The summed E-state index contributed by atoms with van der Waals surface area (Å²) < 4.78 is 5.58. The Morgan fingerprint density at radius 3 is 2.70 bits per heavy atom. The summed E-state index contributed by atoms with van der Waals surface area (Å²) in [5, 5.41) is 3.29. The molecule has 23 heavy (non-hydrogen) atoms. The molecule has 1 heterocycles. The molecule has 0 aliphatic rings. The van der Waals surface area contributed by atoms with Crippen LogP contribution in [0.2, 0.25) is 10.2 Å². The second-order valence-corrected chi connectivity index (χ2v) is 6.12. The number of amides is 1. The van der Waals surface area contributed by atoms with E-state index in [0.29, 0.717) is 13.2 Å². The number of benzene rings is 1. The van der Waals surface area contributed by atoms with Crippen molar-refractivity contribution in [3.05, 3.63) is 63.4 Å². The number of nitrogens with zero attached hydrogens (tertiary/aromatic N) is 1. The molecule has 0 aliphatic heterocycles. The summed E-state index contributed by atoms with van der Waals surface area (Å²) in [7, 11) is 0. The molecule has 0 saturated carbocycles. The second kappa shape index (κ2) is 8.29. The predicted molar refractivity (Wildman–Crippen MR) is 91.8 cm³/mol. The molecule has 4 nitrogen and oxygen atoms in total. The number of aromatic nitrogens is 1. The van der Waals surface area contributed by atoms with Gasteiger partial charge < -0.3 is 10.1 Å². The molecule has 1 amide bonds. The van der Waals surface area contributed by atoms with Gasteiger partial charge in [-0.3, -0.25) is 4.79 Å². The summed E-state index contributed by atoms with van der Waals surface area (Å²) in [5.74, 6) is -0.360. The molecule has 1 aromatic heterocycles. The number of ether oxygens (including phenoxy) is 1. The number of carbonyl (C=O) groups is 1. The maximum absolute atomic E-state index is 12.1. The van der Waals surface area contributed by atoms with Crippen molar-refractivity contribution < 1.29 is 9.53 Å². The molecule has 0 aliphatic carbocycles. The van der Waals surface area contributed by atoms with Crippen LogP contribution < -0.4 is 5.32 Å². The van der Waals surface area contributed by atoms with E-state index in [2.05, 4.69) is 10.3 Å². The van der Waals surface area contributed by atoms with Crippen molar-refractivity contribution in [1.29, 1.82) is 0 Å². The van der Waals surface area contributed by atoms with Crippen LogP contribution >= 0.6 is 23.2 Å². The van der Waals surface area contributed by atoms with Crippen LogP contribution in [-0.4, -0.2) is 17.0 Å². The van der Waals surface area contributed by atoms with Crippen molar-refractivity contribution in [2.75, 3.05) is 0 Å². The molecule has 0 atom stereocenters. The number of halogens is 2. The van der Waals surface area contributed by atoms with E-state index >= 15 is 0 Å². The van der Waals surface area contributed by atoms with Gasteiger partial charge in [0, 0.05) is 6.54 Å². The predicted octanol–water partition coefficient (Wildman–Crippen LogP) is 4.24. The summed E-state index contributed by atoms with van der Waals surface area (Å²) in [4.78, 5) is 16.1. The minimum absolute atomic E-state index is 0.124. The lowest BCUT2D eigenvalue weighted by atomic mass is 10.1. The molecule has 2 rings (SSSR count). The summed E-state index contributed by atoms with van der Waals surface area (Å²) in [6.07, 6.45) is 0.175. The molecule has 0 fully saturated rings. The van der Waals surface area contributed by atoms with Gasteiger partial charge in [0.25, 0.3) is 5.91 Å². The van der Waals surface area contributed by atoms with E-state index in [1.54, 1.807) is 12.1 Å². The Labute approximate surface area is 145 Å². The van der Waals surface area contributed by atoms with E-state index in [1.165, 1.54) is 0 Å². The average molecular weight is 353 g/mol. The maximum atomic E-state index is 12.1. The molecule has 2 aromatic rings. The molecule has 6 heteroatoms. The normalized spacial score (nSPS) is 10.8. The van der Waals surface area contributed by atoms with Gasteiger partial charge in [-0.15, -0.1) is 0 Å². The van der Waals surface area contributed by atoms with Gasteiger partial charge in [-0.1, -0.05) is 47.5 Å². The molecule has 0 bridgehead atoms. The van der Waals surface area contributed by atoms with Crippen molar-refractivity contribution in [2.45, 2.75) is 33.1 Å². The largest absolute Gasteiger partial charge is 0.374 e. The van der Waals surface area contributed by atoms with Crippen molar-refractivity contribution in [2.24, 2.45) is 0 Å². The lowest BCUT2D eigenvalue weighted by Gasteiger charge is -2.10. The first-order valence-electron chi connectivity index (χ1n) is 7.25. The van der Waals surface area contributed by atoms with Crippen LogP contribution in [0.5, 0.6) is 0 Å². The van der Waals surface area contributed by atoms with Crippen molar-refractivity contribution >= 4 is 29.1 Å². The van der Waals surface area contributed by atoms with Gasteiger partial charge in [-0.05, 0) is 37.1 Å². The summed E-state index contributed by atoms with van der Waals surface area (Å²) in [6, 6.07) is 10.9. The van der Waals surface area contributed by atoms with Crippen LogP contribution in [0, 0.1) is 0 Å². The second-order valence-electron chi connectivity index (χ2n) is 5.33. The van der Waals surface area contributed by atoms with Crippen LogP contribution in [0.4, 0.5) is 0 Å². The van der Waals surface area contributed by atoms with Gasteiger partial charge in [0.1, 0.15) is 10.8 Å². The Morgan fingerprint density at radius 2 is 1.96 bits per heavy atom. The van der Waals surface area contributed by atoms with Gasteiger partial charge in [0.05, 0.1) is 17.7 Å². The van der Waals surface area contributed by atoms with Gasteiger partial charge in [0.2, 0.25) is 0 Å². The smallest absolute Gasteiger partial charge is 0.271 e. The average Bonchev–Trinajstić information content (AvgIpc) is 2.53. The van der Waals surface area contributed by atoms with Crippen molar-refractivity contribution in [1.82, 2.24) is 10.3 Å². The quantitative estimate of drug-likeness (QED) is 0.790. The van der Waals surface area contributed by atoms with E-state index in [9.17, 15) is 4.79 Å². The number of carbonyl (C=O) groups excluding carboxylic acids is 1. The summed E-state index contributed by atoms with van der Waals surface area (Å²) >= 11 is 11.8. The molecule has 0 spiro atoms. The van der Waals surface area contributed by atoms with E-state index < -0.39 is 0 Å². The first kappa shape index (κ1) is 17.7. The van der Waals surface area contributed by atoms with E-state index in [4.69, 9.17) is 27.9 Å². The highest BCUT2D eigenvalue weighted by atomic mass is 35.5. The summed E-state index contributed by atoms with van der Waals surface area (Å²) in [6.45, 7) is 4.90. The van der Waals surface area contributed by atoms with Gasteiger partial charge in [0.15, 0.2) is 0 Å². The molecule has 0 unspecified atom stereocenters. The van der Waals surface area contributed by atoms with Gasteiger partial charge >= 0.3 is 0 Å². The highest BCUT2D eigenvalue weighted by Crippen LogP contribution is 2.17. The minimum atomic E-state index is -0.360. The lowest BCUT2D eigenvalue weighted by Crippen LogP contribution is -2.24. The van der Waals surface area contributed by atoms with Gasteiger partial charge in [-0.2, -0.15) is 0 Å². The van der Waals surface area contributed by atoms with Crippen LogP contribution in [0.1, 0.15) is 35.5 Å². The molecule has 1 N–H and O–H groups in total. The zero-order chi connectivity index (χ0) is 16.8. The fraction of sp³-hybridized carbons (Fsp3) is 0.294. The first-order valence-corrected chi connectivity index (χ1v) is 8.01. The Morgan fingerprint density at radius 1 is 1.22 bits per heavy atom. The van der Waals surface area contributed by atoms with Crippen LogP contribution in [0.25, 0.3) is 0 Å². The van der Waals surface area contributed by atoms with Crippen LogP contribution in [-0.2, 0) is 17.9 Å². The standard InChI is InChI=1S/C17H18Cl2N2O2/c1-11(2)23-10-13-5-3-4-12(8-13)9-20-17(22)16-14(18)6-7-15(19)21-16/h3-8,11H,9-10H2,1-2H3,(H,20,22). The third-order valence-electron chi connectivity index (χ3n) is 3.05. The number of rotatable bonds is 6. The number of hydrogen-bond donors (Lipinski definition) is 1. The number of nitrogens with one attached hydrogen (secondary N) is 1. The van der Waals surface area contributed by atoms with Crippen LogP contribution in [0.15, 0.2) is 36.4 Å². The molecule has 122 valence electrons. The monoisotopic (exact) mass is 352 g/mol. The Balaban J connectivity index is 1.99. The molecule has 1 aromatic carbocycles. The maximum Gasteiger partial charge on any atom is 0.271 e. The number of pyridine rings is 1. The zero-order valence-corrected chi connectivity index (χ0v) is 14.5. The molecular formula is C17H18Cl2N2O2. The highest BCUT2D eigenvalue weighted by molar-refractivity contribution is 6.34. The minimum Gasteiger partial charge on any atom is -0.374 e. The third-order valence-corrected chi connectivity index (χ3v) is 3.57. The topological polar surface area (TPSA) is 51.2 Å². The van der Waals surface area contributed by atoms with Crippen molar-refractivity contribution in [3.63, 3.8) is 0 Å². The molecule has 0 saturated heterocycles. The number of hydrogen-bond acceptors (Lipinski definition) is 3. The SMILES string of the molecule is CC(C)OCc1cccc(CNC(=O)c2nc(Cl)ccc2Cl)c1. The van der Waals surface area contributed by atoms with Crippen LogP contribution in [0.3, 0.4) is 0 Å². The van der Waals surface area contributed by atoms with E-state index in [1.807, 2.05) is 38.1 Å². The zero-order valence-electron chi connectivity index (χ0n) is 13.0. The van der Waals surface area contributed by atoms with E-state index in [0.717, 1.165) is 11.1 Å². The molecular weight excluding hydrogens is 335 g/mol. The summed E-state index contributed by atoms with van der Waals surface area (Å²) in [5.41, 5.74) is 2.16. The fourth-order valence-electron chi connectivity index (χ4n) is 1.94. The lowest BCUT2D eigenvalue weighted by molar-refractivity contribution is 0.0657. The van der Waals surface area contributed by atoms with Crippen molar-refractivity contribution in [3.8, 4) is 0 Å². The highest BCUT2D eigenvalue weighted by Gasteiger charge is 2.12. The Kier molecular flexibility index (Phi) is 6.39. The fourth-order valence-corrected chi connectivity index (χ4v) is 2.27. The molecule has 0 radical (unpaired) electrons. The Hall–Kier alpha value is -1.62. The Bertz CT molecular complexity index is 690.